The fraction of sp³-hybridized carbons (Fsp3) is 0.391. The van der Waals surface area contributed by atoms with E-state index in [1.807, 2.05) is 11.0 Å². The Morgan fingerprint density at radius 2 is 1.69 bits per heavy atom. The first kappa shape index (κ1) is 20.7. The molecule has 29 heavy (non-hydrogen) atoms. The zero-order valence-electron chi connectivity index (χ0n) is 17.2. The average Bonchev–Trinajstić information content (AvgIpc) is 2.72. The largest absolute Gasteiger partial charge is 0.496 e. The number of nitrogens with zero attached hydrogens (tertiary/aromatic N) is 1. The third-order valence-corrected chi connectivity index (χ3v) is 5.05. The van der Waals surface area contributed by atoms with Crippen molar-refractivity contribution in [1.29, 1.82) is 0 Å². The van der Waals surface area contributed by atoms with Crippen LogP contribution in [0.15, 0.2) is 48.5 Å². The number of piperidine rings is 1. The highest BCUT2D eigenvalue weighted by Gasteiger charge is 2.25. The smallest absolute Gasteiger partial charge is 0.260 e. The lowest BCUT2D eigenvalue weighted by atomic mass is 9.92. The van der Waals surface area contributed by atoms with E-state index in [-0.39, 0.29) is 18.4 Å². The Morgan fingerprint density at radius 1 is 1.03 bits per heavy atom. The van der Waals surface area contributed by atoms with Gasteiger partial charge in [-0.3, -0.25) is 9.59 Å². The minimum Gasteiger partial charge on any atom is -0.496 e. The summed E-state index contributed by atoms with van der Waals surface area (Å²) in [4.78, 5) is 26.8. The van der Waals surface area contributed by atoms with Crippen LogP contribution in [-0.2, 0) is 4.79 Å². The number of ether oxygens (including phenoxy) is 2. The van der Waals surface area contributed by atoms with Crippen molar-refractivity contribution in [1.82, 2.24) is 4.90 Å². The Balaban J connectivity index is 1.53. The summed E-state index contributed by atoms with van der Waals surface area (Å²) in [5, 5.41) is 2.84. The zero-order valence-corrected chi connectivity index (χ0v) is 17.2. The second-order valence-electron chi connectivity index (χ2n) is 7.71. The molecular weight excluding hydrogens is 368 g/mol. The topological polar surface area (TPSA) is 67.9 Å². The number of likely N-dealkylation sites (tertiary alicyclic amines) is 1. The lowest BCUT2D eigenvalue weighted by Crippen LogP contribution is -2.44. The average molecular weight is 396 g/mol. The highest BCUT2D eigenvalue weighted by molar-refractivity contribution is 6.06. The lowest BCUT2D eigenvalue weighted by molar-refractivity contribution is -0.136. The molecule has 0 aliphatic carbocycles. The van der Waals surface area contributed by atoms with Crippen molar-refractivity contribution in [3.63, 3.8) is 0 Å². The Morgan fingerprint density at radius 3 is 2.34 bits per heavy atom. The summed E-state index contributed by atoms with van der Waals surface area (Å²) in [5.74, 6) is 1.91. The molecule has 0 bridgehead atoms. The third kappa shape index (κ3) is 5.50. The van der Waals surface area contributed by atoms with Crippen LogP contribution in [0.3, 0.4) is 0 Å². The highest BCUT2D eigenvalue weighted by Crippen LogP contribution is 2.22. The number of rotatable bonds is 6. The summed E-state index contributed by atoms with van der Waals surface area (Å²) in [6.45, 7) is 5.96. The number of nitrogens with one attached hydrogen (secondary N) is 1. The third-order valence-electron chi connectivity index (χ3n) is 5.05. The first-order valence-corrected chi connectivity index (χ1v) is 9.91. The SMILES string of the molecule is COc1ccccc1C(=O)Nc1ccc(OCC(=O)N2C[C@@H](C)C[C@H](C)C2)cc1. The zero-order chi connectivity index (χ0) is 20.8. The van der Waals surface area contributed by atoms with Crippen molar-refractivity contribution in [2.75, 3.05) is 32.1 Å². The van der Waals surface area contributed by atoms with Crippen molar-refractivity contribution >= 4 is 17.5 Å². The van der Waals surface area contributed by atoms with Crippen LogP contribution in [-0.4, -0.2) is 43.5 Å². The summed E-state index contributed by atoms with van der Waals surface area (Å²) in [6, 6.07) is 14.0. The van der Waals surface area contributed by atoms with Gasteiger partial charge in [-0.05, 0) is 54.7 Å². The molecule has 1 heterocycles. The van der Waals surface area contributed by atoms with Crippen LogP contribution in [0.5, 0.6) is 11.5 Å². The molecule has 1 aliphatic heterocycles. The second-order valence-corrected chi connectivity index (χ2v) is 7.71. The number of carbonyl (C=O) groups is 2. The number of methoxy groups -OCH3 is 1. The van der Waals surface area contributed by atoms with Gasteiger partial charge >= 0.3 is 0 Å². The van der Waals surface area contributed by atoms with Gasteiger partial charge in [0.15, 0.2) is 6.61 Å². The van der Waals surface area contributed by atoms with Gasteiger partial charge in [-0.25, -0.2) is 0 Å². The molecule has 0 radical (unpaired) electrons. The van der Waals surface area contributed by atoms with E-state index in [4.69, 9.17) is 9.47 Å². The van der Waals surface area contributed by atoms with Crippen LogP contribution < -0.4 is 14.8 Å². The molecule has 2 amide bonds. The maximum absolute atomic E-state index is 12.4. The fourth-order valence-corrected chi connectivity index (χ4v) is 3.77. The molecule has 0 saturated carbocycles. The summed E-state index contributed by atoms with van der Waals surface area (Å²) >= 11 is 0. The van der Waals surface area contributed by atoms with Crippen LogP contribution in [0.4, 0.5) is 5.69 Å². The highest BCUT2D eigenvalue weighted by atomic mass is 16.5. The van der Waals surface area contributed by atoms with Gasteiger partial charge < -0.3 is 19.7 Å². The van der Waals surface area contributed by atoms with Gasteiger partial charge in [0.1, 0.15) is 11.5 Å². The molecule has 2 aromatic carbocycles. The van der Waals surface area contributed by atoms with E-state index in [0.717, 1.165) is 19.5 Å². The van der Waals surface area contributed by atoms with E-state index in [1.54, 1.807) is 42.5 Å². The van der Waals surface area contributed by atoms with E-state index in [1.165, 1.54) is 7.11 Å². The Kier molecular flexibility index (Phi) is 6.75. The molecule has 2 atom stereocenters. The first-order valence-electron chi connectivity index (χ1n) is 9.91. The van der Waals surface area contributed by atoms with Gasteiger partial charge in [-0.15, -0.1) is 0 Å². The van der Waals surface area contributed by atoms with Gasteiger partial charge in [0.2, 0.25) is 0 Å². The van der Waals surface area contributed by atoms with Crippen molar-refractivity contribution in [2.24, 2.45) is 11.8 Å². The molecule has 2 aromatic rings. The standard InChI is InChI=1S/C23H28N2O4/c1-16-12-17(2)14-25(13-16)22(26)15-29-19-10-8-18(9-11-19)24-23(27)20-6-4-5-7-21(20)28-3/h4-11,16-17H,12-15H2,1-3H3,(H,24,27)/t16-,17-/m0/s1. The van der Waals surface area contributed by atoms with Crippen molar-refractivity contribution in [3.8, 4) is 11.5 Å². The summed E-state index contributed by atoms with van der Waals surface area (Å²) in [7, 11) is 1.53. The monoisotopic (exact) mass is 396 g/mol. The molecule has 0 unspecified atom stereocenters. The van der Waals surface area contributed by atoms with Gasteiger partial charge in [0.25, 0.3) is 11.8 Å². The molecule has 1 saturated heterocycles. The van der Waals surface area contributed by atoms with Gasteiger partial charge in [-0.2, -0.15) is 0 Å². The molecule has 1 aliphatic rings. The molecule has 1 fully saturated rings. The van der Waals surface area contributed by atoms with Gasteiger partial charge in [0.05, 0.1) is 12.7 Å². The minimum absolute atomic E-state index is 0.0111. The molecule has 1 N–H and O–H groups in total. The molecule has 3 rings (SSSR count). The predicted octanol–water partition coefficient (Wildman–Crippen LogP) is 3.83. The van der Waals surface area contributed by atoms with E-state index in [2.05, 4.69) is 19.2 Å². The van der Waals surface area contributed by atoms with Crippen molar-refractivity contribution in [2.45, 2.75) is 20.3 Å². The van der Waals surface area contributed by atoms with Gasteiger partial charge in [-0.1, -0.05) is 26.0 Å². The van der Waals surface area contributed by atoms with Crippen molar-refractivity contribution in [3.05, 3.63) is 54.1 Å². The van der Waals surface area contributed by atoms with Crippen molar-refractivity contribution < 1.29 is 19.1 Å². The second kappa shape index (κ2) is 9.45. The van der Waals surface area contributed by atoms with E-state index in [9.17, 15) is 9.59 Å². The molecule has 6 nitrogen and oxygen atoms in total. The Hall–Kier alpha value is -3.02. The minimum atomic E-state index is -0.250. The number of hydrogen-bond acceptors (Lipinski definition) is 4. The summed E-state index contributed by atoms with van der Waals surface area (Å²) in [5.41, 5.74) is 1.10. The van der Waals surface area contributed by atoms with Crippen LogP contribution in [0, 0.1) is 11.8 Å². The van der Waals surface area contributed by atoms with Gasteiger partial charge in [0, 0.05) is 18.8 Å². The quantitative estimate of drug-likeness (QED) is 0.806. The van der Waals surface area contributed by atoms with E-state index in [0.29, 0.717) is 34.6 Å². The van der Waals surface area contributed by atoms with Crippen LogP contribution in [0.2, 0.25) is 0 Å². The maximum atomic E-state index is 12.4. The fourth-order valence-electron chi connectivity index (χ4n) is 3.77. The summed E-state index contributed by atoms with van der Waals surface area (Å²) < 4.78 is 10.9. The number of benzene rings is 2. The van der Waals surface area contributed by atoms with E-state index >= 15 is 0 Å². The molecule has 6 heteroatoms. The first-order chi connectivity index (χ1) is 14.0. The lowest BCUT2D eigenvalue weighted by Gasteiger charge is -2.34. The van der Waals surface area contributed by atoms with Crippen LogP contribution in [0.1, 0.15) is 30.6 Å². The Bertz CT molecular complexity index is 840. The maximum Gasteiger partial charge on any atom is 0.260 e. The number of carbonyl (C=O) groups excluding carboxylic acids is 2. The Labute approximate surface area is 171 Å². The normalized spacial score (nSPS) is 18.8. The number of anilines is 1. The summed E-state index contributed by atoms with van der Waals surface area (Å²) in [6.07, 6.45) is 1.16. The molecule has 0 aromatic heterocycles. The number of para-hydroxylation sites is 1. The number of hydrogen-bond donors (Lipinski definition) is 1. The molecular formula is C23H28N2O4. The van der Waals surface area contributed by atoms with Crippen LogP contribution >= 0.6 is 0 Å². The molecule has 154 valence electrons. The molecule has 0 spiro atoms. The van der Waals surface area contributed by atoms with E-state index < -0.39 is 0 Å². The number of amides is 2. The predicted molar refractivity (Wildman–Crippen MR) is 112 cm³/mol. The van der Waals surface area contributed by atoms with Crippen LogP contribution in [0.25, 0.3) is 0 Å².